The maximum absolute atomic E-state index is 4.26. The number of alkyl halides is 1. The largest absolute Gasteiger partial charge is 0.160 e. The van der Waals surface area contributed by atoms with Gasteiger partial charge in [-0.2, -0.15) is 10.2 Å². The van der Waals surface area contributed by atoms with Crippen LogP contribution >= 0.6 is 22.6 Å². The molecule has 0 bridgehead atoms. The molecule has 2 nitrogen and oxygen atoms in total. The maximum atomic E-state index is 4.26. The summed E-state index contributed by atoms with van der Waals surface area (Å²) < 4.78 is 0.0828. The van der Waals surface area contributed by atoms with E-state index < -0.39 is 0 Å². The Kier molecular flexibility index (Phi) is 4.75. The summed E-state index contributed by atoms with van der Waals surface area (Å²) in [6, 6.07) is 0. The SMILES string of the molecule is C/C(=N\N=C(/C)C(C)(C)I)C(C)(C)C. The van der Waals surface area contributed by atoms with Crippen LogP contribution in [0, 0.1) is 5.41 Å². The number of hydrogen-bond donors (Lipinski definition) is 0. The van der Waals surface area contributed by atoms with Crippen LogP contribution in [0.25, 0.3) is 0 Å². The molecule has 0 radical (unpaired) electrons. The summed E-state index contributed by atoms with van der Waals surface area (Å²) in [5.74, 6) is 0. The molecular weight excluding hydrogens is 287 g/mol. The van der Waals surface area contributed by atoms with Gasteiger partial charge in [0, 0.05) is 11.1 Å². The summed E-state index contributed by atoms with van der Waals surface area (Å²) in [7, 11) is 0. The van der Waals surface area contributed by atoms with E-state index in [1.165, 1.54) is 0 Å². The lowest BCUT2D eigenvalue weighted by molar-refractivity contribution is 0.585. The molecular formula is C11H21IN2. The molecule has 0 unspecified atom stereocenters. The van der Waals surface area contributed by atoms with Gasteiger partial charge in [-0.1, -0.05) is 43.4 Å². The van der Waals surface area contributed by atoms with E-state index in [0.29, 0.717) is 0 Å². The van der Waals surface area contributed by atoms with Crippen molar-refractivity contribution in [2.75, 3.05) is 0 Å². The molecule has 14 heavy (non-hydrogen) atoms. The van der Waals surface area contributed by atoms with E-state index in [9.17, 15) is 0 Å². The van der Waals surface area contributed by atoms with Gasteiger partial charge in [-0.3, -0.25) is 0 Å². The molecule has 0 aromatic heterocycles. The minimum atomic E-state index is 0.0828. The summed E-state index contributed by atoms with van der Waals surface area (Å²) in [4.78, 5) is 0. The van der Waals surface area contributed by atoms with Crippen molar-refractivity contribution in [2.24, 2.45) is 15.6 Å². The van der Waals surface area contributed by atoms with Crippen molar-refractivity contribution in [1.82, 2.24) is 0 Å². The van der Waals surface area contributed by atoms with Gasteiger partial charge in [0.25, 0.3) is 0 Å². The van der Waals surface area contributed by atoms with Crippen LogP contribution in [0.3, 0.4) is 0 Å². The molecule has 0 amide bonds. The molecule has 0 fully saturated rings. The van der Waals surface area contributed by atoms with Crippen molar-refractivity contribution in [1.29, 1.82) is 0 Å². The fraction of sp³-hybridized carbons (Fsp3) is 0.818. The standard InChI is InChI=1S/C11H21IN2/c1-8(10(3,4)5)13-14-9(2)11(6,7)12/h1-7H3/b13-8+,14-9+. The van der Waals surface area contributed by atoms with Crippen molar-refractivity contribution in [3.63, 3.8) is 0 Å². The van der Waals surface area contributed by atoms with Gasteiger partial charge in [-0.15, -0.1) is 0 Å². The normalized spacial score (nSPS) is 16.0. The molecule has 0 aliphatic heterocycles. The second-order valence-electron chi connectivity index (χ2n) is 5.09. The predicted octanol–water partition coefficient (Wildman–Crippen LogP) is 4.08. The average Bonchev–Trinajstić information content (AvgIpc) is 1.95. The number of rotatable bonds is 2. The van der Waals surface area contributed by atoms with Gasteiger partial charge >= 0.3 is 0 Å². The van der Waals surface area contributed by atoms with Crippen LogP contribution in [0.15, 0.2) is 10.2 Å². The van der Waals surface area contributed by atoms with Crippen LogP contribution in [0.1, 0.15) is 48.5 Å². The van der Waals surface area contributed by atoms with Gasteiger partial charge in [0.15, 0.2) is 0 Å². The Morgan fingerprint density at radius 1 is 0.857 bits per heavy atom. The van der Waals surface area contributed by atoms with Crippen LogP contribution in [-0.4, -0.2) is 14.8 Å². The Morgan fingerprint density at radius 2 is 1.21 bits per heavy atom. The Hall–Kier alpha value is 0.0700. The highest BCUT2D eigenvalue weighted by Gasteiger charge is 2.17. The van der Waals surface area contributed by atoms with Crippen molar-refractivity contribution in [3.8, 4) is 0 Å². The van der Waals surface area contributed by atoms with Crippen molar-refractivity contribution in [2.45, 2.75) is 51.9 Å². The maximum Gasteiger partial charge on any atom is 0.0562 e. The zero-order chi connectivity index (χ0) is 11.6. The van der Waals surface area contributed by atoms with E-state index in [1.807, 2.05) is 13.8 Å². The molecule has 0 rings (SSSR count). The molecule has 0 N–H and O–H groups in total. The van der Waals surface area contributed by atoms with E-state index in [1.54, 1.807) is 0 Å². The highest BCUT2D eigenvalue weighted by Crippen LogP contribution is 2.20. The summed E-state index contributed by atoms with van der Waals surface area (Å²) in [5, 5.41) is 8.52. The van der Waals surface area contributed by atoms with Crippen molar-refractivity contribution >= 4 is 34.0 Å². The molecule has 0 heterocycles. The smallest absolute Gasteiger partial charge is 0.0562 e. The third-order valence-electron chi connectivity index (χ3n) is 2.30. The first-order valence-corrected chi connectivity index (χ1v) is 5.91. The highest BCUT2D eigenvalue weighted by molar-refractivity contribution is 14.1. The van der Waals surface area contributed by atoms with Gasteiger partial charge in [-0.05, 0) is 27.7 Å². The monoisotopic (exact) mass is 308 g/mol. The Morgan fingerprint density at radius 3 is 1.50 bits per heavy atom. The summed E-state index contributed by atoms with van der Waals surface area (Å²) in [6.45, 7) is 14.7. The van der Waals surface area contributed by atoms with Gasteiger partial charge in [0.1, 0.15) is 0 Å². The molecule has 0 saturated heterocycles. The zero-order valence-corrected chi connectivity index (χ0v) is 12.4. The molecule has 0 aromatic rings. The molecule has 0 spiro atoms. The Labute approximate surface area is 101 Å². The third kappa shape index (κ3) is 5.08. The van der Waals surface area contributed by atoms with E-state index in [-0.39, 0.29) is 8.84 Å². The van der Waals surface area contributed by atoms with E-state index in [2.05, 4.69) is 67.4 Å². The minimum absolute atomic E-state index is 0.0828. The minimum Gasteiger partial charge on any atom is -0.160 e. The fourth-order valence-electron chi connectivity index (χ4n) is 0.419. The number of hydrogen-bond acceptors (Lipinski definition) is 2. The van der Waals surface area contributed by atoms with Gasteiger partial charge in [0.05, 0.1) is 9.13 Å². The number of nitrogens with zero attached hydrogens (tertiary/aromatic N) is 2. The topological polar surface area (TPSA) is 24.7 Å². The highest BCUT2D eigenvalue weighted by atomic mass is 127. The van der Waals surface area contributed by atoms with E-state index in [0.717, 1.165) is 11.4 Å². The first kappa shape index (κ1) is 14.1. The van der Waals surface area contributed by atoms with Crippen molar-refractivity contribution in [3.05, 3.63) is 0 Å². The molecule has 0 atom stereocenters. The Bertz CT molecular complexity index is 223. The fourth-order valence-corrected chi connectivity index (χ4v) is 0.527. The van der Waals surface area contributed by atoms with Crippen LogP contribution in [0.2, 0.25) is 0 Å². The summed E-state index contributed by atoms with van der Waals surface area (Å²) in [6.07, 6.45) is 0. The summed E-state index contributed by atoms with van der Waals surface area (Å²) in [5.41, 5.74) is 2.23. The lowest BCUT2D eigenvalue weighted by Crippen LogP contribution is -2.21. The Balaban J connectivity index is 4.73. The van der Waals surface area contributed by atoms with Crippen LogP contribution in [0.5, 0.6) is 0 Å². The van der Waals surface area contributed by atoms with Crippen LogP contribution in [-0.2, 0) is 0 Å². The molecule has 0 aliphatic carbocycles. The summed E-state index contributed by atoms with van der Waals surface area (Å²) >= 11 is 2.37. The van der Waals surface area contributed by atoms with Crippen LogP contribution < -0.4 is 0 Å². The average molecular weight is 308 g/mol. The lowest BCUT2D eigenvalue weighted by Gasteiger charge is -2.18. The quantitative estimate of drug-likeness (QED) is 0.318. The van der Waals surface area contributed by atoms with Gasteiger partial charge in [-0.25, -0.2) is 0 Å². The number of halogens is 1. The van der Waals surface area contributed by atoms with Gasteiger partial charge in [0.2, 0.25) is 0 Å². The second-order valence-corrected chi connectivity index (χ2v) is 7.79. The van der Waals surface area contributed by atoms with Gasteiger partial charge < -0.3 is 0 Å². The zero-order valence-electron chi connectivity index (χ0n) is 10.3. The predicted molar refractivity (Wildman–Crippen MR) is 73.8 cm³/mol. The molecule has 3 heteroatoms. The first-order valence-electron chi connectivity index (χ1n) is 4.84. The van der Waals surface area contributed by atoms with Crippen molar-refractivity contribution < 1.29 is 0 Å². The molecule has 0 saturated carbocycles. The second kappa shape index (κ2) is 4.73. The van der Waals surface area contributed by atoms with E-state index >= 15 is 0 Å². The lowest BCUT2D eigenvalue weighted by atomic mass is 9.91. The molecule has 0 aromatic carbocycles. The van der Waals surface area contributed by atoms with E-state index in [4.69, 9.17) is 0 Å². The molecule has 0 aliphatic rings. The molecule has 82 valence electrons. The first-order chi connectivity index (χ1) is 6.05. The van der Waals surface area contributed by atoms with Crippen LogP contribution in [0.4, 0.5) is 0 Å². The third-order valence-corrected chi connectivity index (χ3v) is 3.08.